The third kappa shape index (κ3) is 4.48. The topological polar surface area (TPSA) is 3.24 Å². The first-order valence-corrected chi connectivity index (χ1v) is 17.9. The second-order valence-electron chi connectivity index (χ2n) is 13.3. The molecule has 2 unspecified atom stereocenters. The highest BCUT2D eigenvalue weighted by Crippen LogP contribution is 2.53. The predicted octanol–water partition coefficient (Wildman–Crippen LogP) is 12.9. The fraction of sp³-hybridized carbons (Fsp3) is 0.0638. The van der Waals surface area contributed by atoms with Gasteiger partial charge in [-0.15, -0.1) is 0 Å². The summed E-state index contributed by atoms with van der Waals surface area (Å²) >= 11 is 1.89. The van der Waals surface area contributed by atoms with Crippen molar-refractivity contribution in [3.05, 3.63) is 181 Å². The van der Waals surface area contributed by atoms with Crippen molar-refractivity contribution in [3.8, 4) is 33.4 Å². The number of nitrogens with zero attached hydrogens (tertiary/aromatic N) is 1. The monoisotopic (exact) mass is 643 g/mol. The molecule has 0 spiro atoms. The summed E-state index contributed by atoms with van der Waals surface area (Å²) in [5, 5.41) is 2.67. The molecule has 2 atom stereocenters. The highest BCUT2D eigenvalue weighted by atomic mass is 32.2. The number of rotatable bonds is 4. The summed E-state index contributed by atoms with van der Waals surface area (Å²) in [7, 11) is 0. The van der Waals surface area contributed by atoms with E-state index in [0.29, 0.717) is 5.92 Å². The van der Waals surface area contributed by atoms with Crippen LogP contribution in [0.2, 0.25) is 0 Å². The Labute approximate surface area is 291 Å². The van der Waals surface area contributed by atoms with Crippen LogP contribution in [0.4, 0.5) is 11.4 Å². The van der Waals surface area contributed by atoms with Gasteiger partial charge in [-0.2, -0.15) is 0 Å². The van der Waals surface area contributed by atoms with Gasteiger partial charge in [-0.25, -0.2) is 0 Å². The van der Waals surface area contributed by atoms with Gasteiger partial charge < -0.3 is 4.90 Å². The first-order chi connectivity index (χ1) is 24.2. The van der Waals surface area contributed by atoms with Gasteiger partial charge in [0.1, 0.15) is 0 Å². The van der Waals surface area contributed by atoms with Gasteiger partial charge >= 0.3 is 0 Å². The van der Waals surface area contributed by atoms with Crippen LogP contribution in [0.15, 0.2) is 180 Å². The summed E-state index contributed by atoms with van der Waals surface area (Å²) in [6.45, 7) is 2.35. The molecule has 2 heterocycles. The van der Waals surface area contributed by atoms with Gasteiger partial charge in [-0.1, -0.05) is 146 Å². The zero-order valence-electron chi connectivity index (χ0n) is 27.2. The molecule has 0 saturated carbocycles. The van der Waals surface area contributed by atoms with E-state index in [2.05, 4.69) is 182 Å². The summed E-state index contributed by atoms with van der Waals surface area (Å²) < 4.78 is 0. The third-order valence-electron chi connectivity index (χ3n) is 10.5. The van der Waals surface area contributed by atoms with E-state index < -0.39 is 0 Å². The second-order valence-corrected chi connectivity index (χ2v) is 14.4. The Kier molecular flexibility index (Phi) is 6.54. The van der Waals surface area contributed by atoms with Crippen molar-refractivity contribution in [1.82, 2.24) is 0 Å². The summed E-state index contributed by atoms with van der Waals surface area (Å²) in [4.78, 5) is 5.19. The predicted molar refractivity (Wildman–Crippen MR) is 208 cm³/mol. The normalized spacial score (nSPS) is 17.2. The largest absolute Gasteiger partial charge is 0.333 e. The minimum absolute atomic E-state index is 0.241. The fourth-order valence-electron chi connectivity index (χ4n) is 8.28. The molecule has 3 aliphatic rings. The number of anilines is 2. The van der Waals surface area contributed by atoms with E-state index in [-0.39, 0.29) is 6.04 Å². The van der Waals surface area contributed by atoms with Crippen LogP contribution in [0.25, 0.3) is 55.3 Å². The lowest BCUT2D eigenvalue weighted by atomic mass is 9.81. The molecule has 7 aromatic carbocycles. The van der Waals surface area contributed by atoms with Crippen LogP contribution in [-0.4, -0.2) is 6.04 Å². The average molecular weight is 644 g/mol. The van der Waals surface area contributed by atoms with E-state index >= 15 is 0 Å². The molecule has 2 heteroatoms. The smallest absolute Gasteiger partial charge is 0.0664 e. The molecule has 0 amide bonds. The highest BCUT2D eigenvalue weighted by molar-refractivity contribution is 7.99. The number of fused-ring (bicyclic) bond motifs is 5. The Balaban J connectivity index is 1.09. The standard InChI is InChI=1S/C47H33NS/c1-30-22-24-37(46-40-18-8-9-21-42(40)48(47(30)46)35-16-6-3-7-17-35)34-15-10-14-32(28-34)33-23-26-43-41(29-33)39-20-11-19-38-36(31-12-4-2-5-13-31)25-27-44(49-43)45(38)39/h2-30,47H,1H3. The van der Waals surface area contributed by atoms with Gasteiger partial charge in [0.25, 0.3) is 0 Å². The van der Waals surface area contributed by atoms with E-state index in [1.54, 1.807) is 0 Å². The van der Waals surface area contributed by atoms with Gasteiger partial charge in [0.15, 0.2) is 0 Å². The lowest BCUT2D eigenvalue weighted by molar-refractivity contribution is 0.638. The Morgan fingerprint density at radius 1 is 0.510 bits per heavy atom. The van der Waals surface area contributed by atoms with Gasteiger partial charge in [-0.3, -0.25) is 0 Å². The molecule has 0 saturated heterocycles. The Bertz CT molecular complexity index is 2490. The van der Waals surface area contributed by atoms with Gasteiger partial charge in [0.05, 0.1) is 6.04 Å². The number of benzene rings is 7. The van der Waals surface area contributed by atoms with Crippen molar-refractivity contribution < 1.29 is 0 Å². The number of hydrogen-bond donors (Lipinski definition) is 0. The van der Waals surface area contributed by atoms with Crippen LogP contribution in [0.3, 0.4) is 0 Å². The van der Waals surface area contributed by atoms with E-state index in [1.165, 1.54) is 87.6 Å². The lowest BCUT2D eigenvalue weighted by Gasteiger charge is -2.34. The Morgan fingerprint density at radius 2 is 1.20 bits per heavy atom. The number of para-hydroxylation sites is 2. The van der Waals surface area contributed by atoms with Crippen LogP contribution < -0.4 is 4.90 Å². The van der Waals surface area contributed by atoms with Crippen molar-refractivity contribution in [3.63, 3.8) is 0 Å². The zero-order chi connectivity index (χ0) is 32.5. The number of allylic oxidation sites excluding steroid dienone is 2. The molecular formula is C47H33NS. The second kappa shape index (κ2) is 11.3. The average Bonchev–Trinajstić information content (AvgIpc) is 3.52. The van der Waals surface area contributed by atoms with Gasteiger partial charge in [0, 0.05) is 32.1 Å². The minimum atomic E-state index is 0.241. The molecule has 0 bridgehead atoms. The summed E-state index contributed by atoms with van der Waals surface area (Å²) in [5.41, 5.74) is 15.5. The molecule has 10 rings (SSSR count). The SMILES string of the molecule is CC1C=CC(c2cccc(-c3ccc4c(c3)-c3cccc5c(-c6ccccc6)ccc(c35)S4)c2)=C2c3ccccc3N(c3ccccc3)C21. The maximum atomic E-state index is 2.55. The molecular weight excluding hydrogens is 611 g/mol. The molecule has 0 N–H and O–H groups in total. The van der Waals surface area contributed by atoms with Crippen LogP contribution in [-0.2, 0) is 0 Å². The third-order valence-corrected chi connectivity index (χ3v) is 11.6. The van der Waals surface area contributed by atoms with Crippen LogP contribution >= 0.6 is 11.8 Å². The van der Waals surface area contributed by atoms with Crippen LogP contribution in [0.1, 0.15) is 18.1 Å². The van der Waals surface area contributed by atoms with Crippen LogP contribution in [0, 0.1) is 5.92 Å². The van der Waals surface area contributed by atoms with Crippen molar-refractivity contribution in [1.29, 1.82) is 0 Å². The maximum absolute atomic E-state index is 2.55. The molecule has 0 fully saturated rings. The molecule has 0 aromatic heterocycles. The Hall–Kier alpha value is -5.57. The van der Waals surface area contributed by atoms with E-state index in [4.69, 9.17) is 0 Å². The molecule has 232 valence electrons. The molecule has 1 aliphatic carbocycles. The summed E-state index contributed by atoms with van der Waals surface area (Å²) in [6.07, 6.45) is 4.77. The van der Waals surface area contributed by atoms with Gasteiger partial charge in [0.2, 0.25) is 0 Å². The van der Waals surface area contributed by atoms with Crippen molar-refractivity contribution in [2.45, 2.75) is 22.8 Å². The lowest BCUT2D eigenvalue weighted by Crippen LogP contribution is -2.33. The van der Waals surface area contributed by atoms with Crippen molar-refractivity contribution >= 4 is 45.1 Å². The minimum Gasteiger partial charge on any atom is -0.333 e. The van der Waals surface area contributed by atoms with Gasteiger partial charge in [-0.05, 0) is 104 Å². The highest BCUT2D eigenvalue weighted by Gasteiger charge is 2.40. The van der Waals surface area contributed by atoms with E-state index in [0.717, 1.165) is 0 Å². The van der Waals surface area contributed by atoms with Crippen LogP contribution in [0.5, 0.6) is 0 Å². The fourth-order valence-corrected chi connectivity index (χ4v) is 9.39. The Morgan fingerprint density at radius 3 is 2.08 bits per heavy atom. The first kappa shape index (κ1) is 28.4. The molecule has 7 aromatic rings. The molecule has 49 heavy (non-hydrogen) atoms. The molecule has 1 nitrogen and oxygen atoms in total. The summed E-state index contributed by atoms with van der Waals surface area (Å²) in [5.74, 6) is 0.376. The number of hydrogen-bond acceptors (Lipinski definition) is 2. The molecule has 0 radical (unpaired) electrons. The van der Waals surface area contributed by atoms with Crippen molar-refractivity contribution in [2.75, 3.05) is 4.90 Å². The first-order valence-electron chi connectivity index (χ1n) is 17.1. The zero-order valence-corrected chi connectivity index (χ0v) is 28.0. The molecule has 2 aliphatic heterocycles. The van der Waals surface area contributed by atoms with E-state index in [9.17, 15) is 0 Å². The maximum Gasteiger partial charge on any atom is 0.0664 e. The van der Waals surface area contributed by atoms with E-state index in [1.807, 2.05) is 11.8 Å². The quantitative estimate of drug-likeness (QED) is 0.188. The van der Waals surface area contributed by atoms with Crippen molar-refractivity contribution in [2.24, 2.45) is 5.92 Å². The summed E-state index contributed by atoms with van der Waals surface area (Å²) in [6, 6.07) is 58.4.